The Morgan fingerprint density at radius 3 is 2.84 bits per heavy atom. The largest absolute Gasteiger partial charge is 0.497 e. The monoisotopic (exact) mass is 276 g/mol. The molecule has 2 aromatic heterocycles. The Kier molecular flexibility index (Phi) is 2.75. The number of fused-ring (bicyclic) bond motifs is 1. The number of nitrogens with two attached hydrogens (primary N) is 1. The zero-order valence-corrected chi connectivity index (χ0v) is 11.3. The summed E-state index contributed by atoms with van der Waals surface area (Å²) in [6, 6.07) is 5.64. The normalized spacial score (nSPS) is 10.8. The first-order valence-electron chi connectivity index (χ1n) is 5.55. The summed E-state index contributed by atoms with van der Waals surface area (Å²) in [7, 11) is 3.24. The summed E-state index contributed by atoms with van der Waals surface area (Å²) >= 11 is 1.48. The highest BCUT2D eigenvalue weighted by Gasteiger charge is 2.14. The molecule has 0 fully saturated rings. The van der Waals surface area contributed by atoms with Crippen LogP contribution in [0.15, 0.2) is 23.6 Å². The average molecular weight is 276 g/mol. The van der Waals surface area contributed by atoms with E-state index in [1.165, 1.54) is 11.3 Å². The molecule has 6 nitrogen and oxygen atoms in total. The van der Waals surface area contributed by atoms with Gasteiger partial charge in [0.1, 0.15) is 11.5 Å². The maximum absolute atomic E-state index is 5.61. The van der Waals surface area contributed by atoms with Crippen LogP contribution in [0.4, 0.5) is 5.95 Å². The van der Waals surface area contributed by atoms with Crippen molar-refractivity contribution >= 4 is 22.2 Å². The van der Waals surface area contributed by atoms with E-state index in [9.17, 15) is 0 Å². The molecule has 0 spiro atoms. The Bertz CT molecular complexity index is 734. The zero-order valence-electron chi connectivity index (χ0n) is 10.5. The van der Waals surface area contributed by atoms with Crippen LogP contribution in [0.25, 0.3) is 16.2 Å². The number of rotatable bonds is 3. The molecular weight excluding hydrogens is 264 g/mol. The lowest BCUT2D eigenvalue weighted by molar-refractivity contribution is 0.395. The quantitative estimate of drug-likeness (QED) is 0.792. The summed E-state index contributed by atoms with van der Waals surface area (Å²) in [6.07, 6.45) is 0. The van der Waals surface area contributed by atoms with Crippen molar-refractivity contribution in [3.8, 4) is 22.8 Å². The van der Waals surface area contributed by atoms with Gasteiger partial charge in [-0.3, -0.25) is 0 Å². The maximum atomic E-state index is 5.61. The Balaban J connectivity index is 2.20. The van der Waals surface area contributed by atoms with Gasteiger partial charge in [-0.15, -0.1) is 16.4 Å². The van der Waals surface area contributed by atoms with Crippen molar-refractivity contribution in [3.05, 3.63) is 23.6 Å². The lowest BCUT2D eigenvalue weighted by Gasteiger charge is -2.09. The minimum absolute atomic E-state index is 0.264. The molecule has 0 unspecified atom stereocenters. The van der Waals surface area contributed by atoms with E-state index in [0.717, 1.165) is 22.0 Å². The van der Waals surface area contributed by atoms with E-state index in [0.29, 0.717) is 5.75 Å². The molecule has 3 rings (SSSR count). The average Bonchev–Trinajstić information content (AvgIpc) is 2.97. The highest BCUT2D eigenvalue weighted by Crippen LogP contribution is 2.35. The topological polar surface area (TPSA) is 74.7 Å². The third-order valence-corrected chi connectivity index (χ3v) is 3.60. The number of aromatic nitrogens is 3. The number of hydrogen-bond donors (Lipinski definition) is 1. The fraction of sp³-hybridized carbons (Fsp3) is 0.167. The van der Waals surface area contributed by atoms with Crippen LogP contribution in [0, 0.1) is 0 Å². The highest BCUT2D eigenvalue weighted by molar-refractivity contribution is 7.15. The lowest BCUT2D eigenvalue weighted by atomic mass is 10.1. The van der Waals surface area contributed by atoms with E-state index in [2.05, 4.69) is 10.1 Å². The Labute approximate surface area is 113 Å². The number of thiazole rings is 1. The van der Waals surface area contributed by atoms with E-state index in [1.54, 1.807) is 18.7 Å². The van der Waals surface area contributed by atoms with Crippen molar-refractivity contribution < 1.29 is 9.47 Å². The summed E-state index contributed by atoms with van der Waals surface area (Å²) < 4.78 is 12.3. The van der Waals surface area contributed by atoms with Crippen molar-refractivity contribution in [2.75, 3.05) is 20.0 Å². The molecule has 0 aliphatic rings. The first kappa shape index (κ1) is 11.8. The third-order valence-electron chi connectivity index (χ3n) is 2.78. The molecule has 0 atom stereocenters. The molecule has 7 heteroatoms. The SMILES string of the molecule is COc1ccc(-c2csc3nc(N)nn23)c(OC)c1. The molecule has 98 valence electrons. The van der Waals surface area contributed by atoms with Crippen LogP contribution < -0.4 is 15.2 Å². The van der Waals surface area contributed by atoms with Gasteiger partial charge in [0.2, 0.25) is 10.9 Å². The smallest absolute Gasteiger partial charge is 0.241 e. The first-order valence-corrected chi connectivity index (χ1v) is 6.43. The molecule has 0 saturated heterocycles. The van der Waals surface area contributed by atoms with Gasteiger partial charge in [-0.25, -0.2) is 4.52 Å². The van der Waals surface area contributed by atoms with Gasteiger partial charge < -0.3 is 15.2 Å². The van der Waals surface area contributed by atoms with Crippen LogP contribution in [-0.2, 0) is 0 Å². The Hall–Kier alpha value is -2.28. The van der Waals surface area contributed by atoms with Crippen molar-refractivity contribution in [1.82, 2.24) is 14.6 Å². The van der Waals surface area contributed by atoms with Crippen molar-refractivity contribution in [2.45, 2.75) is 0 Å². The molecule has 0 amide bonds. The van der Waals surface area contributed by atoms with Crippen LogP contribution >= 0.6 is 11.3 Å². The van der Waals surface area contributed by atoms with Crippen LogP contribution in [0.2, 0.25) is 0 Å². The number of hydrogen-bond acceptors (Lipinski definition) is 6. The number of anilines is 1. The number of benzene rings is 1. The second-order valence-electron chi connectivity index (χ2n) is 3.85. The fourth-order valence-corrected chi connectivity index (χ4v) is 2.72. The molecule has 2 N–H and O–H groups in total. The highest BCUT2D eigenvalue weighted by atomic mass is 32.1. The summed E-state index contributed by atoms with van der Waals surface area (Å²) in [6.45, 7) is 0. The second-order valence-corrected chi connectivity index (χ2v) is 4.69. The van der Waals surface area contributed by atoms with Crippen molar-refractivity contribution in [3.63, 3.8) is 0 Å². The zero-order chi connectivity index (χ0) is 13.4. The van der Waals surface area contributed by atoms with Gasteiger partial charge in [-0.05, 0) is 12.1 Å². The minimum Gasteiger partial charge on any atom is -0.497 e. The molecular formula is C12H12N4O2S. The molecule has 1 aromatic carbocycles. The van der Waals surface area contributed by atoms with Gasteiger partial charge in [0.25, 0.3) is 0 Å². The lowest BCUT2D eigenvalue weighted by Crippen LogP contribution is -1.94. The Morgan fingerprint density at radius 1 is 1.26 bits per heavy atom. The van der Waals surface area contributed by atoms with Gasteiger partial charge in [0.15, 0.2) is 0 Å². The molecule has 0 saturated carbocycles. The van der Waals surface area contributed by atoms with Gasteiger partial charge >= 0.3 is 0 Å². The molecule has 2 heterocycles. The molecule has 0 bridgehead atoms. The number of nitrogens with zero attached hydrogens (tertiary/aromatic N) is 3. The van der Waals surface area contributed by atoms with E-state index < -0.39 is 0 Å². The second kappa shape index (κ2) is 4.43. The van der Waals surface area contributed by atoms with E-state index in [-0.39, 0.29) is 5.95 Å². The van der Waals surface area contributed by atoms with Gasteiger partial charge in [0, 0.05) is 17.0 Å². The molecule has 0 radical (unpaired) electrons. The summed E-state index contributed by atoms with van der Waals surface area (Å²) in [5.41, 5.74) is 7.42. The summed E-state index contributed by atoms with van der Waals surface area (Å²) in [5.74, 6) is 1.72. The maximum Gasteiger partial charge on any atom is 0.241 e. The predicted molar refractivity (Wildman–Crippen MR) is 73.8 cm³/mol. The van der Waals surface area contributed by atoms with Crippen molar-refractivity contribution in [1.29, 1.82) is 0 Å². The molecule has 0 aliphatic carbocycles. The molecule has 3 aromatic rings. The third kappa shape index (κ3) is 1.88. The fourth-order valence-electron chi connectivity index (χ4n) is 1.89. The number of nitrogen functional groups attached to an aromatic ring is 1. The molecule has 19 heavy (non-hydrogen) atoms. The van der Waals surface area contributed by atoms with E-state index in [1.807, 2.05) is 23.6 Å². The van der Waals surface area contributed by atoms with Gasteiger partial charge in [-0.2, -0.15) is 4.98 Å². The van der Waals surface area contributed by atoms with Crippen molar-refractivity contribution in [2.24, 2.45) is 0 Å². The standard InChI is InChI=1S/C12H12N4O2S/c1-17-7-3-4-8(10(5-7)18-2)9-6-19-12-14-11(13)15-16(9)12/h3-6H,1-2H3,(H2,13,15). The van der Waals surface area contributed by atoms with Crippen LogP contribution in [-0.4, -0.2) is 28.8 Å². The number of methoxy groups -OCH3 is 2. The van der Waals surface area contributed by atoms with Gasteiger partial charge in [-0.1, -0.05) is 0 Å². The van der Waals surface area contributed by atoms with Crippen LogP contribution in [0.1, 0.15) is 0 Å². The number of ether oxygens (including phenoxy) is 2. The molecule has 0 aliphatic heterocycles. The first-order chi connectivity index (χ1) is 9.22. The summed E-state index contributed by atoms with van der Waals surface area (Å²) in [4.78, 5) is 4.89. The van der Waals surface area contributed by atoms with Crippen LogP contribution in [0.3, 0.4) is 0 Å². The van der Waals surface area contributed by atoms with Crippen LogP contribution in [0.5, 0.6) is 11.5 Å². The minimum atomic E-state index is 0.264. The predicted octanol–water partition coefficient (Wildman–Crippen LogP) is 2.06. The summed E-state index contributed by atoms with van der Waals surface area (Å²) in [5, 5.41) is 6.15. The Morgan fingerprint density at radius 2 is 2.11 bits per heavy atom. The van der Waals surface area contributed by atoms with Gasteiger partial charge in [0.05, 0.1) is 19.9 Å². The van der Waals surface area contributed by atoms with E-state index in [4.69, 9.17) is 15.2 Å². The van der Waals surface area contributed by atoms with E-state index >= 15 is 0 Å².